The number of nitrogens with one attached hydrogen (secondary N) is 3. The number of carbonyl (C=O) groups excluding carboxylic acids is 1. The second kappa shape index (κ2) is 6.80. The zero-order valence-electron chi connectivity index (χ0n) is 14.3. The van der Waals surface area contributed by atoms with Crippen molar-refractivity contribution in [3.63, 3.8) is 0 Å². The lowest BCUT2D eigenvalue weighted by atomic mass is 10.1. The van der Waals surface area contributed by atoms with Crippen LogP contribution in [0.4, 0.5) is 10.5 Å². The summed E-state index contributed by atoms with van der Waals surface area (Å²) in [5, 5.41) is 10.9. The Kier molecular flexibility index (Phi) is 4.56. The van der Waals surface area contributed by atoms with Crippen LogP contribution in [-0.4, -0.2) is 22.2 Å². The van der Waals surface area contributed by atoms with E-state index in [-0.39, 0.29) is 17.6 Å². The lowest BCUT2D eigenvalue weighted by Crippen LogP contribution is -2.37. The molecule has 0 aliphatic rings. The molecule has 1 atom stereocenters. The van der Waals surface area contributed by atoms with Crippen LogP contribution < -0.4 is 16.2 Å². The summed E-state index contributed by atoms with van der Waals surface area (Å²) in [6, 6.07) is 6.56. The van der Waals surface area contributed by atoms with E-state index in [9.17, 15) is 9.59 Å². The minimum atomic E-state index is -0.327. The van der Waals surface area contributed by atoms with E-state index in [1.54, 1.807) is 30.5 Å². The first kappa shape index (κ1) is 16.8. The molecule has 7 nitrogen and oxygen atoms in total. The van der Waals surface area contributed by atoms with Crippen LogP contribution in [0.2, 0.25) is 0 Å². The molecular weight excluding hydrogens is 320 g/mol. The zero-order valence-corrected chi connectivity index (χ0v) is 14.3. The fraction of sp³-hybridized carbons (Fsp3) is 0.278. The number of hydrogen-bond acceptors (Lipinski definition) is 4. The third-order valence-corrected chi connectivity index (χ3v) is 4.13. The zero-order chi connectivity index (χ0) is 18.0. The predicted octanol–water partition coefficient (Wildman–Crippen LogP) is 2.89. The van der Waals surface area contributed by atoms with Gasteiger partial charge >= 0.3 is 6.03 Å². The van der Waals surface area contributed by atoms with Gasteiger partial charge in [-0.3, -0.25) is 4.79 Å². The minimum Gasteiger partial charge on any atom is -0.361 e. The Bertz CT molecular complexity index is 954. The number of pyridine rings is 1. The normalized spacial score (nSPS) is 12.1. The Morgan fingerprint density at radius 3 is 2.80 bits per heavy atom. The lowest BCUT2D eigenvalue weighted by molar-refractivity contribution is 0.249. The SMILES string of the molecule is Cc1noc(C)c1C[C@@H](C)NC(=O)Nc1cccc2c(=O)[nH]ccc12. The highest BCUT2D eigenvalue weighted by atomic mass is 16.5. The standard InChI is InChI=1S/C18H20N4O3/c1-10(9-15-11(2)22-25-12(15)3)20-18(24)21-16-6-4-5-14-13(16)7-8-19-17(14)23/h4-8,10H,9H2,1-3H3,(H,19,23)(H2,20,21,24)/t10-/m1/s1. The summed E-state index contributed by atoms with van der Waals surface area (Å²) in [5.74, 6) is 0.764. The van der Waals surface area contributed by atoms with E-state index in [1.165, 1.54) is 0 Å². The molecule has 3 rings (SSSR count). The van der Waals surface area contributed by atoms with E-state index in [4.69, 9.17) is 4.52 Å². The summed E-state index contributed by atoms with van der Waals surface area (Å²) in [5.41, 5.74) is 2.24. The van der Waals surface area contributed by atoms with Crippen molar-refractivity contribution in [1.29, 1.82) is 0 Å². The summed E-state index contributed by atoms with van der Waals surface area (Å²) in [6.45, 7) is 5.65. The largest absolute Gasteiger partial charge is 0.361 e. The fourth-order valence-corrected chi connectivity index (χ4v) is 2.86. The molecular formula is C18H20N4O3. The first-order valence-electron chi connectivity index (χ1n) is 8.05. The van der Waals surface area contributed by atoms with Crippen LogP contribution in [0.15, 0.2) is 39.8 Å². The van der Waals surface area contributed by atoms with Crippen LogP contribution in [0.1, 0.15) is 23.9 Å². The van der Waals surface area contributed by atoms with Crippen molar-refractivity contribution >= 4 is 22.5 Å². The van der Waals surface area contributed by atoms with Gasteiger partial charge in [0.25, 0.3) is 5.56 Å². The van der Waals surface area contributed by atoms with Crippen molar-refractivity contribution in [2.75, 3.05) is 5.32 Å². The molecule has 2 heterocycles. The maximum absolute atomic E-state index is 12.3. The molecule has 1 aromatic carbocycles. The topological polar surface area (TPSA) is 100 Å². The molecule has 0 radical (unpaired) electrons. The highest BCUT2D eigenvalue weighted by Gasteiger charge is 2.15. The Hall–Kier alpha value is -3.09. The van der Waals surface area contributed by atoms with Crippen molar-refractivity contribution in [2.45, 2.75) is 33.2 Å². The Morgan fingerprint density at radius 2 is 2.08 bits per heavy atom. The van der Waals surface area contributed by atoms with Gasteiger partial charge in [0.15, 0.2) is 0 Å². The van der Waals surface area contributed by atoms with E-state index in [1.807, 2.05) is 20.8 Å². The second-order valence-corrected chi connectivity index (χ2v) is 6.08. The number of aromatic nitrogens is 2. The molecule has 0 bridgehead atoms. The number of carbonyl (C=O) groups is 1. The van der Waals surface area contributed by atoms with Gasteiger partial charge in [-0.25, -0.2) is 4.79 Å². The van der Waals surface area contributed by atoms with Gasteiger partial charge in [-0.1, -0.05) is 11.2 Å². The average Bonchev–Trinajstić information content (AvgIpc) is 2.87. The van der Waals surface area contributed by atoms with Gasteiger partial charge < -0.3 is 20.1 Å². The van der Waals surface area contributed by atoms with E-state index < -0.39 is 0 Å². The van der Waals surface area contributed by atoms with Gasteiger partial charge in [-0.2, -0.15) is 0 Å². The second-order valence-electron chi connectivity index (χ2n) is 6.08. The number of fused-ring (bicyclic) bond motifs is 1. The van der Waals surface area contributed by atoms with Crippen LogP contribution in [0.25, 0.3) is 10.8 Å². The molecule has 7 heteroatoms. The molecule has 3 aromatic rings. The molecule has 0 aliphatic carbocycles. The van der Waals surface area contributed by atoms with Gasteiger partial charge in [0.05, 0.1) is 11.4 Å². The van der Waals surface area contributed by atoms with E-state index in [0.717, 1.165) is 17.0 Å². The highest BCUT2D eigenvalue weighted by molar-refractivity contribution is 6.01. The van der Waals surface area contributed by atoms with Crippen LogP contribution >= 0.6 is 0 Å². The number of aromatic amines is 1. The third-order valence-electron chi connectivity index (χ3n) is 4.13. The minimum absolute atomic E-state index is 0.102. The van der Waals surface area contributed by atoms with E-state index in [2.05, 4.69) is 20.8 Å². The smallest absolute Gasteiger partial charge is 0.319 e. The van der Waals surface area contributed by atoms with Crippen LogP contribution in [0.3, 0.4) is 0 Å². The molecule has 2 amide bonds. The fourth-order valence-electron chi connectivity index (χ4n) is 2.86. The number of urea groups is 1. The Morgan fingerprint density at radius 1 is 1.28 bits per heavy atom. The highest BCUT2D eigenvalue weighted by Crippen LogP contribution is 2.20. The van der Waals surface area contributed by atoms with Crippen LogP contribution in [0.5, 0.6) is 0 Å². The first-order valence-corrected chi connectivity index (χ1v) is 8.05. The number of amides is 2. The Balaban J connectivity index is 1.71. The van der Waals surface area contributed by atoms with Gasteiger partial charge in [0, 0.05) is 28.6 Å². The monoisotopic (exact) mass is 340 g/mol. The summed E-state index contributed by atoms with van der Waals surface area (Å²) < 4.78 is 5.15. The van der Waals surface area contributed by atoms with Crippen LogP contribution in [-0.2, 0) is 6.42 Å². The maximum Gasteiger partial charge on any atom is 0.319 e. The van der Waals surface area contributed by atoms with Crippen LogP contribution in [0, 0.1) is 13.8 Å². The summed E-state index contributed by atoms with van der Waals surface area (Å²) in [4.78, 5) is 26.8. The molecule has 0 spiro atoms. The maximum atomic E-state index is 12.3. The number of rotatable bonds is 4. The van der Waals surface area contributed by atoms with Gasteiger partial charge in [-0.15, -0.1) is 0 Å². The number of hydrogen-bond donors (Lipinski definition) is 3. The number of nitrogens with zero attached hydrogens (tertiary/aromatic N) is 1. The quantitative estimate of drug-likeness (QED) is 0.680. The predicted molar refractivity (Wildman–Crippen MR) is 95.9 cm³/mol. The summed E-state index contributed by atoms with van der Waals surface area (Å²) in [6.07, 6.45) is 2.19. The number of benzene rings is 1. The van der Waals surface area contributed by atoms with Gasteiger partial charge in [0.1, 0.15) is 5.76 Å². The number of aryl methyl sites for hydroxylation is 2. The summed E-state index contributed by atoms with van der Waals surface area (Å²) in [7, 11) is 0. The van der Waals surface area contributed by atoms with Crippen molar-refractivity contribution in [3.8, 4) is 0 Å². The molecule has 0 aliphatic heterocycles. The summed E-state index contributed by atoms with van der Waals surface area (Å²) >= 11 is 0. The number of H-pyrrole nitrogens is 1. The van der Waals surface area contributed by atoms with E-state index in [0.29, 0.717) is 22.9 Å². The Labute approximate surface area is 144 Å². The molecule has 25 heavy (non-hydrogen) atoms. The van der Waals surface area contributed by atoms with Crippen molar-refractivity contribution in [2.24, 2.45) is 0 Å². The van der Waals surface area contributed by atoms with Crippen molar-refractivity contribution < 1.29 is 9.32 Å². The lowest BCUT2D eigenvalue weighted by Gasteiger charge is -2.15. The molecule has 0 unspecified atom stereocenters. The molecule has 3 N–H and O–H groups in total. The van der Waals surface area contributed by atoms with Gasteiger partial charge in [0.2, 0.25) is 0 Å². The molecule has 130 valence electrons. The van der Waals surface area contributed by atoms with E-state index >= 15 is 0 Å². The molecule has 0 saturated heterocycles. The number of anilines is 1. The average molecular weight is 340 g/mol. The molecule has 0 saturated carbocycles. The van der Waals surface area contributed by atoms with Crippen molar-refractivity contribution in [3.05, 3.63) is 57.8 Å². The third kappa shape index (κ3) is 3.55. The molecule has 0 fully saturated rings. The van der Waals surface area contributed by atoms with Gasteiger partial charge in [-0.05, 0) is 45.4 Å². The first-order chi connectivity index (χ1) is 12.0. The van der Waals surface area contributed by atoms with Crippen molar-refractivity contribution in [1.82, 2.24) is 15.5 Å². The molecule has 2 aromatic heterocycles.